The SMILES string of the molecule is CCC(CCOC(c1ccccc1)(c1ccc(OC)cc1)c1ccc(OC)cc1)CC(=O)c1c(Br)c2ccc(-c3cccnc3)cc2n1Cc1ccc(CO)cc1. The summed E-state index contributed by atoms with van der Waals surface area (Å²) in [4.78, 5) is 19.0. The maximum Gasteiger partial charge on any atom is 0.180 e. The van der Waals surface area contributed by atoms with Crippen LogP contribution in [0.5, 0.6) is 11.5 Å². The van der Waals surface area contributed by atoms with Crippen LogP contribution in [0.4, 0.5) is 0 Å². The molecule has 2 aromatic heterocycles. The van der Waals surface area contributed by atoms with Crippen molar-refractivity contribution in [3.05, 3.63) is 184 Å². The standard InChI is InChI=1S/C49H47BrN2O5/c1-4-34(26-28-57-49(39-10-6-5-7-11-39,40-17-21-42(55-2)22-18-40)41-19-23-43(56-3)24-20-41)29-46(54)48-47(50)44-25-16-37(38-9-8-27-51-31-38)30-45(44)52(48)32-35-12-14-36(33-53)15-13-35/h5-25,27,30-31,34,53H,4,26,28-29,32-33H2,1-3H3. The Bertz CT molecular complexity index is 2350. The third-order valence-corrected chi connectivity index (χ3v) is 11.7. The first-order valence-electron chi connectivity index (χ1n) is 19.3. The molecule has 1 unspecified atom stereocenters. The fraction of sp³-hybridized carbons (Fsp3) is 0.224. The van der Waals surface area contributed by atoms with Crippen LogP contribution in [-0.4, -0.2) is 41.3 Å². The van der Waals surface area contributed by atoms with Crippen LogP contribution in [0.15, 0.2) is 150 Å². The van der Waals surface area contributed by atoms with Crippen LogP contribution in [0.25, 0.3) is 22.0 Å². The molecule has 0 aliphatic carbocycles. The maximum absolute atomic E-state index is 14.7. The average Bonchev–Trinajstić information content (AvgIpc) is 3.55. The fourth-order valence-electron chi connectivity index (χ4n) is 7.65. The van der Waals surface area contributed by atoms with Gasteiger partial charge in [-0.1, -0.05) is 110 Å². The number of rotatable bonds is 17. The van der Waals surface area contributed by atoms with Crippen LogP contribution < -0.4 is 9.47 Å². The molecular formula is C49H47BrN2O5. The van der Waals surface area contributed by atoms with E-state index in [9.17, 15) is 9.90 Å². The lowest BCUT2D eigenvalue weighted by molar-refractivity contribution is 0.00509. The monoisotopic (exact) mass is 822 g/mol. The van der Waals surface area contributed by atoms with E-state index in [1.807, 2.05) is 85.1 Å². The Balaban J connectivity index is 1.21. The molecule has 0 saturated carbocycles. The van der Waals surface area contributed by atoms with Gasteiger partial charge < -0.3 is 23.9 Å². The number of carbonyl (C=O) groups excluding carboxylic acids is 1. The first-order chi connectivity index (χ1) is 27.9. The van der Waals surface area contributed by atoms with E-state index in [0.29, 0.717) is 31.7 Å². The predicted molar refractivity (Wildman–Crippen MR) is 230 cm³/mol. The molecule has 1 atom stereocenters. The van der Waals surface area contributed by atoms with Gasteiger partial charge >= 0.3 is 0 Å². The smallest absolute Gasteiger partial charge is 0.180 e. The second-order valence-electron chi connectivity index (χ2n) is 14.2. The molecule has 57 heavy (non-hydrogen) atoms. The summed E-state index contributed by atoms with van der Waals surface area (Å²) in [5, 5.41) is 10.6. The molecule has 0 fully saturated rings. The van der Waals surface area contributed by atoms with E-state index in [1.54, 1.807) is 20.4 Å². The quantitative estimate of drug-likeness (QED) is 0.0728. The number of carbonyl (C=O) groups is 1. The molecule has 0 radical (unpaired) electrons. The number of hydrogen-bond acceptors (Lipinski definition) is 6. The van der Waals surface area contributed by atoms with Gasteiger partial charge in [0.2, 0.25) is 0 Å². The van der Waals surface area contributed by atoms with Gasteiger partial charge in [0, 0.05) is 42.9 Å². The third kappa shape index (κ3) is 8.44. The Labute approximate surface area is 343 Å². The van der Waals surface area contributed by atoms with Crippen molar-refractivity contribution in [2.24, 2.45) is 5.92 Å². The Kier molecular flexibility index (Phi) is 12.6. The van der Waals surface area contributed by atoms with Crippen LogP contribution in [0.1, 0.15) is 64.5 Å². The minimum Gasteiger partial charge on any atom is -0.497 e. The number of ether oxygens (including phenoxy) is 3. The van der Waals surface area contributed by atoms with Crippen LogP contribution >= 0.6 is 15.9 Å². The highest BCUT2D eigenvalue weighted by Gasteiger charge is 2.38. The molecule has 2 heterocycles. The third-order valence-electron chi connectivity index (χ3n) is 10.9. The van der Waals surface area contributed by atoms with Gasteiger partial charge in [0.15, 0.2) is 5.78 Å². The summed E-state index contributed by atoms with van der Waals surface area (Å²) < 4.78 is 21.1. The Morgan fingerprint density at radius 3 is 1.98 bits per heavy atom. The zero-order valence-corrected chi connectivity index (χ0v) is 34.1. The number of halogens is 1. The number of aliphatic hydroxyl groups is 1. The predicted octanol–water partition coefficient (Wildman–Crippen LogP) is 11.0. The Hall–Kier alpha value is -5.54. The van der Waals surface area contributed by atoms with Crippen molar-refractivity contribution in [3.63, 3.8) is 0 Å². The zero-order chi connectivity index (χ0) is 39.8. The van der Waals surface area contributed by atoms with Gasteiger partial charge in [-0.3, -0.25) is 9.78 Å². The van der Waals surface area contributed by atoms with E-state index in [1.165, 1.54) is 0 Å². The summed E-state index contributed by atoms with van der Waals surface area (Å²) in [5.41, 5.74) is 7.51. The molecule has 7 aromatic rings. The van der Waals surface area contributed by atoms with Gasteiger partial charge in [-0.05, 0) is 98.0 Å². The number of methoxy groups -OCH3 is 2. The summed E-state index contributed by atoms with van der Waals surface area (Å²) in [6.45, 7) is 3.03. The fourth-order valence-corrected chi connectivity index (χ4v) is 8.42. The average molecular weight is 824 g/mol. The molecule has 0 bridgehead atoms. The van der Waals surface area contributed by atoms with Crippen molar-refractivity contribution in [1.82, 2.24) is 9.55 Å². The number of hydrogen-bond donors (Lipinski definition) is 1. The molecule has 0 aliphatic rings. The van der Waals surface area contributed by atoms with Crippen LogP contribution in [-0.2, 0) is 23.5 Å². The second-order valence-corrected chi connectivity index (χ2v) is 15.0. The zero-order valence-electron chi connectivity index (χ0n) is 32.5. The number of benzene rings is 5. The van der Waals surface area contributed by atoms with E-state index in [-0.39, 0.29) is 18.3 Å². The lowest BCUT2D eigenvalue weighted by atomic mass is 9.80. The van der Waals surface area contributed by atoms with Gasteiger partial charge in [0.25, 0.3) is 0 Å². The summed E-state index contributed by atoms with van der Waals surface area (Å²) in [5.74, 6) is 1.66. The van der Waals surface area contributed by atoms with Gasteiger partial charge in [-0.2, -0.15) is 0 Å². The van der Waals surface area contributed by atoms with Crippen molar-refractivity contribution >= 4 is 32.6 Å². The van der Waals surface area contributed by atoms with Gasteiger partial charge in [0.1, 0.15) is 22.8 Å². The van der Waals surface area contributed by atoms with Crippen molar-refractivity contribution in [3.8, 4) is 22.6 Å². The van der Waals surface area contributed by atoms with Crippen molar-refractivity contribution in [2.75, 3.05) is 20.8 Å². The highest BCUT2D eigenvalue weighted by molar-refractivity contribution is 9.10. The summed E-state index contributed by atoms with van der Waals surface area (Å²) in [6, 6.07) is 44.5. The molecule has 0 aliphatic heterocycles. The topological polar surface area (TPSA) is 82.8 Å². The second kappa shape index (κ2) is 18.2. The van der Waals surface area contributed by atoms with Crippen molar-refractivity contribution in [1.29, 1.82) is 0 Å². The first-order valence-corrected chi connectivity index (χ1v) is 20.1. The molecule has 0 spiro atoms. The van der Waals surface area contributed by atoms with E-state index in [4.69, 9.17) is 14.2 Å². The lowest BCUT2D eigenvalue weighted by Crippen LogP contribution is -2.33. The molecule has 8 heteroatoms. The Morgan fingerprint density at radius 1 is 0.772 bits per heavy atom. The lowest BCUT2D eigenvalue weighted by Gasteiger charge is -2.36. The normalized spacial score (nSPS) is 12.1. The molecule has 7 nitrogen and oxygen atoms in total. The highest BCUT2D eigenvalue weighted by Crippen LogP contribution is 2.42. The highest BCUT2D eigenvalue weighted by atomic mass is 79.9. The van der Waals surface area contributed by atoms with Crippen molar-refractivity contribution in [2.45, 2.75) is 44.9 Å². The van der Waals surface area contributed by atoms with E-state index >= 15 is 0 Å². The number of Topliss-reactive ketones (excluding diaryl/α,β-unsaturated/α-hetero) is 1. The minimum absolute atomic E-state index is 0.0226. The summed E-state index contributed by atoms with van der Waals surface area (Å²) >= 11 is 3.88. The van der Waals surface area contributed by atoms with Crippen LogP contribution in [0.2, 0.25) is 0 Å². The first kappa shape index (κ1) is 39.7. The van der Waals surface area contributed by atoms with Crippen molar-refractivity contribution < 1.29 is 24.1 Å². The molecule has 1 N–H and O–H groups in total. The number of ketones is 1. The minimum atomic E-state index is -0.935. The number of pyridine rings is 1. The van der Waals surface area contributed by atoms with Gasteiger partial charge in [0.05, 0.1) is 30.8 Å². The van der Waals surface area contributed by atoms with E-state index in [0.717, 1.165) is 72.2 Å². The molecule has 290 valence electrons. The molecule has 5 aromatic carbocycles. The van der Waals surface area contributed by atoms with Gasteiger partial charge in [-0.15, -0.1) is 0 Å². The number of nitrogens with zero attached hydrogens (tertiary/aromatic N) is 2. The number of aliphatic hydroxyl groups excluding tert-OH is 1. The number of aromatic nitrogens is 2. The molecule has 7 rings (SSSR count). The largest absolute Gasteiger partial charge is 0.497 e. The maximum atomic E-state index is 14.7. The van der Waals surface area contributed by atoms with E-state index in [2.05, 4.69) is 87.0 Å². The molecule has 0 saturated heterocycles. The van der Waals surface area contributed by atoms with E-state index < -0.39 is 5.60 Å². The summed E-state index contributed by atoms with van der Waals surface area (Å²) in [7, 11) is 3.33. The Morgan fingerprint density at radius 2 is 1.40 bits per heavy atom. The van der Waals surface area contributed by atoms with Gasteiger partial charge in [-0.25, -0.2) is 0 Å². The molecular weight excluding hydrogens is 776 g/mol. The molecule has 0 amide bonds. The van der Waals surface area contributed by atoms with Crippen LogP contribution in [0, 0.1) is 5.92 Å². The number of fused-ring (bicyclic) bond motifs is 1. The van der Waals surface area contributed by atoms with Crippen LogP contribution in [0.3, 0.4) is 0 Å². The summed E-state index contributed by atoms with van der Waals surface area (Å²) in [6.07, 6.45) is 5.46.